The van der Waals surface area contributed by atoms with Crippen molar-refractivity contribution in [1.82, 2.24) is 0 Å². The van der Waals surface area contributed by atoms with Gasteiger partial charge >= 0.3 is 0 Å². The number of nitrogens with zero attached hydrogens (tertiary/aromatic N) is 1. The number of hydrogen-bond donors (Lipinski definition) is 1. The quantitative estimate of drug-likeness (QED) is 0.245. The molecule has 0 unspecified atom stereocenters. The summed E-state index contributed by atoms with van der Waals surface area (Å²) in [5.74, 6) is 0. The van der Waals surface area contributed by atoms with E-state index in [-0.39, 0.29) is 0 Å². The summed E-state index contributed by atoms with van der Waals surface area (Å²) in [6.07, 6.45) is 0. The van der Waals surface area contributed by atoms with Crippen LogP contribution in [0.25, 0.3) is 0 Å². The van der Waals surface area contributed by atoms with Gasteiger partial charge in [0, 0.05) is 26.9 Å². The molecule has 0 saturated carbocycles. The average Bonchev–Trinajstić information content (AvgIpc) is 3.03. The highest BCUT2D eigenvalue weighted by molar-refractivity contribution is 7.99. The molecule has 0 fully saturated rings. The fourth-order valence-electron chi connectivity index (χ4n) is 6.45. The Balaban J connectivity index is 1.45. The molecule has 1 N–H and O–H groups in total. The summed E-state index contributed by atoms with van der Waals surface area (Å²) >= 11 is 1.84. The van der Waals surface area contributed by atoms with Gasteiger partial charge in [0.1, 0.15) is 0 Å². The second kappa shape index (κ2) is 9.18. The zero-order chi connectivity index (χ0) is 26.5. The molecular weight excluding hydrogens is 504 g/mol. The van der Waals surface area contributed by atoms with Crippen LogP contribution >= 0.6 is 11.8 Å². The van der Waals surface area contributed by atoms with Gasteiger partial charge in [-0.3, -0.25) is 0 Å². The van der Waals surface area contributed by atoms with E-state index in [4.69, 9.17) is 0 Å². The number of anilines is 5. The zero-order valence-electron chi connectivity index (χ0n) is 21.8. The Labute approximate surface area is 239 Å². The van der Waals surface area contributed by atoms with Crippen LogP contribution in [0, 0.1) is 0 Å². The van der Waals surface area contributed by atoms with Crippen molar-refractivity contribution in [3.63, 3.8) is 0 Å². The number of nitrogens with one attached hydrogen (secondary N) is 1. The lowest BCUT2D eigenvalue weighted by Gasteiger charge is -2.43. The first-order valence-corrected chi connectivity index (χ1v) is 14.4. The summed E-state index contributed by atoms with van der Waals surface area (Å²) in [7, 11) is 0. The monoisotopic (exact) mass is 530 g/mol. The zero-order valence-corrected chi connectivity index (χ0v) is 22.6. The van der Waals surface area contributed by atoms with Gasteiger partial charge in [0.05, 0.1) is 16.8 Å². The molecule has 2 heterocycles. The summed E-state index contributed by atoms with van der Waals surface area (Å²) in [6.45, 7) is 0. The first kappa shape index (κ1) is 23.2. The Morgan fingerprint density at radius 3 is 1.65 bits per heavy atom. The molecule has 2 aliphatic heterocycles. The maximum atomic E-state index is 3.78. The molecule has 8 rings (SSSR count). The van der Waals surface area contributed by atoms with E-state index in [0.29, 0.717) is 0 Å². The molecule has 2 nitrogen and oxygen atoms in total. The molecule has 0 aliphatic carbocycles. The lowest BCUT2D eigenvalue weighted by molar-refractivity contribution is 0.740. The Morgan fingerprint density at radius 2 is 1.00 bits per heavy atom. The van der Waals surface area contributed by atoms with Crippen LogP contribution in [0.1, 0.15) is 22.3 Å². The Bertz CT molecular complexity index is 1780. The Kier molecular flexibility index (Phi) is 5.32. The number of fused-ring (bicyclic) bond motifs is 4. The van der Waals surface area contributed by atoms with E-state index in [1.54, 1.807) is 0 Å². The predicted octanol–water partition coefficient (Wildman–Crippen LogP) is 10.1. The van der Waals surface area contributed by atoms with E-state index in [1.807, 2.05) is 11.8 Å². The van der Waals surface area contributed by atoms with Crippen molar-refractivity contribution < 1.29 is 0 Å². The van der Waals surface area contributed by atoms with Crippen LogP contribution < -0.4 is 10.2 Å². The Morgan fingerprint density at radius 1 is 0.475 bits per heavy atom. The van der Waals surface area contributed by atoms with Crippen LogP contribution in [0.3, 0.4) is 0 Å². The molecule has 6 aromatic rings. The highest BCUT2D eigenvalue weighted by Crippen LogP contribution is 2.56. The summed E-state index contributed by atoms with van der Waals surface area (Å²) in [6, 6.07) is 55.0. The average molecular weight is 531 g/mol. The highest BCUT2D eigenvalue weighted by Gasteiger charge is 2.44. The van der Waals surface area contributed by atoms with Crippen LogP contribution in [-0.4, -0.2) is 0 Å². The van der Waals surface area contributed by atoms with E-state index >= 15 is 0 Å². The maximum absolute atomic E-state index is 3.78. The molecule has 0 aromatic heterocycles. The van der Waals surface area contributed by atoms with Crippen LogP contribution in [0.2, 0.25) is 0 Å². The molecule has 0 spiro atoms. The van der Waals surface area contributed by atoms with Gasteiger partial charge in [-0.15, -0.1) is 0 Å². The lowest BCUT2D eigenvalue weighted by atomic mass is 9.63. The molecule has 0 bridgehead atoms. The van der Waals surface area contributed by atoms with Gasteiger partial charge in [-0.25, -0.2) is 0 Å². The van der Waals surface area contributed by atoms with Crippen molar-refractivity contribution in [3.05, 3.63) is 174 Å². The molecule has 0 atom stereocenters. The van der Waals surface area contributed by atoms with Crippen molar-refractivity contribution in [2.45, 2.75) is 15.2 Å². The molecule has 40 heavy (non-hydrogen) atoms. The van der Waals surface area contributed by atoms with Gasteiger partial charge in [-0.05, 0) is 70.8 Å². The SMILES string of the molecule is c1ccc(C2(c3ccccc3)c3ccccc3Nc3ccc(N4c5ccccc5Sc5ccccc54)cc32)cc1. The summed E-state index contributed by atoms with van der Waals surface area (Å²) in [5.41, 5.74) is 10.4. The topological polar surface area (TPSA) is 15.3 Å². The molecule has 0 radical (unpaired) electrons. The van der Waals surface area contributed by atoms with Crippen LogP contribution in [0.5, 0.6) is 0 Å². The van der Waals surface area contributed by atoms with Crippen LogP contribution in [0.4, 0.5) is 28.4 Å². The molecule has 0 amide bonds. The van der Waals surface area contributed by atoms with Crippen molar-refractivity contribution in [2.75, 3.05) is 10.2 Å². The van der Waals surface area contributed by atoms with Crippen molar-refractivity contribution >= 4 is 40.2 Å². The third-order valence-electron chi connectivity index (χ3n) is 8.11. The van der Waals surface area contributed by atoms with Crippen LogP contribution in [-0.2, 0) is 5.41 Å². The van der Waals surface area contributed by atoms with E-state index in [9.17, 15) is 0 Å². The van der Waals surface area contributed by atoms with Crippen LogP contribution in [0.15, 0.2) is 161 Å². The predicted molar refractivity (Wildman–Crippen MR) is 167 cm³/mol. The van der Waals surface area contributed by atoms with Gasteiger partial charge < -0.3 is 10.2 Å². The van der Waals surface area contributed by atoms with Gasteiger partial charge in [0.15, 0.2) is 0 Å². The lowest BCUT2D eigenvalue weighted by Crippen LogP contribution is -2.35. The van der Waals surface area contributed by atoms with Gasteiger partial charge in [0.25, 0.3) is 0 Å². The minimum Gasteiger partial charge on any atom is -0.355 e. The molecule has 0 saturated heterocycles. The first-order chi connectivity index (χ1) is 19.8. The van der Waals surface area contributed by atoms with Crippen molar-refractivity contribution in [2.24, 2.45) is 0 Å². The Hall–Kier alpha value is -4.73. The highest BCUT2D eigenvalue weighted by atomic mass is 32.2. The third kappa shape index (κ3) is 3.38. The number of rotatable bonds is 3. The number of para-hydroxylation sites is 3. The summed E-state index contributed by atoms with van der Waals surface area (Å²) in [4.78, 5) is 4.95. The van der Waals surface area contributed by atoms with Gasteiger partial charge in [-0.1, -0.05) is 115 Å². The standard InChI is InChI=1S/C37H26N2S/c1-3-13-26(14-4-1)37(27-15-5-2-6-16-27)29-17-7-8-18-31(29)38-32-24-23-28(25-30(32)37)39-33-19-9-11-21-35(33)40-36-22-12-10-20-34(36)39/h1-25,38H. The summed E-state index contributed by atoms with van der Waals surface area (Å²) in [5, 5.41) is 3.78. The second-order valence-corrected chi connectivity index (χ2v) is 11.3. The van der Waals surface area contributed by atoms with E-state index in [1.165, 1.54) is 43.4 Å². The van der Waals surface area contributed by atoms with Gasteiger partial charge in [0.2, 0.25) is 0 Å². The first-order valence-electron chi connectivity index (χ1n) is 13.6. The normalized spacial score (nSPS) is 14.2. The summed E-state index contributed by atoms with van der Waals surface area (Å²) < 4.78 is 0. The third-order valence-corrected chi connectivity index (χ3v) is 9.24. The molecule has 3 heteroatoms. The maximum Gasteiger partial charge on any atom is 0.0742 e. The molecule has 2 aliphatic rings. The molecular formula is C37H26N2S. The molecule has 6 aromatic carbocycles. The van der Waals surface area contributed by atoms with Gasteiger partial charge in [-0.2, -0.15) is 0 Å². The van der Waals surface area contributed by atoms with E-state index < -0.39 is 5.41 Å². The fraction of sp³-hybridized carbons (Fsp3) is 0.0270. The number of hydrogen-bond acceptors (Lipinski definition) is 3. The largest absolute Gasteiger partial charge is 0.355 e. The van der Waals surface area contributed by atoms with E-state index in [2.05, 4.69) is 162 Å². The fourth-order valence-corrected chi connectivity index (χ4v) is 7.51. The van der Waals surface area contributed by atoms with E-state index in [0.717, 1.165) is 17.1 Å². The van der Waals surface area contributed by atoms with Crippen molar-refractivity contribution in [1.29, 1.82) is 0 Å². The smallest absolute Gasteiger partial charge is 0.0742 e. The molecule has 190 valence electrons. The van der Waals surface area contributed by atoms with Crippen molar-refractivity contribution in [3.8, 4) is 0 Å². The number of benzene rings is 6. The minimum absolute atomic E-state index is 0.487. The minimum atomic E-state index is -0.487. The second-order valence-electron chi connectivity index (χ2n) is 10.3.